The Morgan fingerprint density at radius 1 is 1.40 bits per heavy atom. The smallest absolute Gasteiger partial charge is 0.336 e. The lowest BCUT2D eigenvalue weighted by Crippen LogP contribution is -2.45. The lowest BCUT2D eigenvalue weighted by molar-refractivity contribution is -0.136. The van der Waals surface area contributed by atoms with E-state index < -0.39 is 0 Å². The number of hydrogen-bond acceptors (Lipinski definition) is 3. The third kappa shape index (κ3) is 1.06. The zero-order valence-corrected chi connectivity index (χ0v) is 10.9. The zero-order chi connectivity index (χ0) is 11.4. The number of carbonyl (C=O) groups excluding carboxylic acids is 1. The molecule has 0 aromatic heterocycles. The van der Waals surface area contributed by atoms with E-state index in [0.29, 0.717) is 5.57 Å². The second-order valence-corrected chi connectivity index (χ2v) is 5.16. The Morgan fingerprint density at radius 2 is 1.93 bits per heavy atom. The summed E-state index contributed by atoms with van der Waals surface area (Å²) in [7, 11) is 3.42. The largest absolute Gasteiger partial charge is 0.466 e. The predicted octanol–water partition coefficient (Wildman–Crippen LogP) is 1.84. The Hall–Kier alpha value is -0.610. The molecule has 0 aromatic carbocycles. The molecule has 0 aliphatic carbocycles. The van der Waals surface area contributed by atoms with E-state index in [9.17, 15) is 4.79 Å². The Kier molecular flexibility index (Phi) is 2.14. The van der Waals surface area contributed by atoms with Crippen molar-refractivity contribution in [3.8, 4) is 0 Å². The molecule has 2 aliphatic heterocycles. The fourth-order valence-electron chi connectivity index (χ4n) is 2.38. The molecule has 2 bridgehead atoms. The normalized spacial score (nSPS) is 39.0. The van der Waals surface area contributed by atoms with Crippen LogP contribution in [0.3, 0.4) is 0 Å². The van der Waals surface area contributed by atoms with Crippen LogP contribution < -0.4 is 0 Å². The summed E-state index contributed by atoms with van der Waals surface area (Å²) in [6, 6.07) is 0. The van der Waals surface area contributed by atoms with Crippen LogP contribution in [0.4, 0.5) is 0 Å². The van der Waals surface area contributed by atoms with Crippen molar-refractivity contribution >= 4 is 21.9 Å². The van der Waals surface area contributed by atoms with Crippen molar-refractivity contribution in [2.45, 2.75) is 24.9 Å². The Morgan fingerprint density at radius 3 is 2.33 bits per heavy atom. The van der Waals surface area contributed by atoms with Gasteiger partial charge in [-0.25, -0.2) is 4.79 Å². The summed E-state index contributed by atoms with van der Waals surface area (Å²) in [5, 5.41) is 0. The first-order chi connectivity index (χ1) is 6.88. The molecule has 15 heavy (non-hydrogen) atoms. The minimum atomic E-state index is -0.347. The molecule has 0 saturated carbocycles. The highest BCUT2D eigenvalue weighted by molar-refractivity contribution is 9.11. The van der Waals surface area contributed by atoms with Crippen molar-refractivity contribution in [3.05, 3.63) is 22.2 Å². The molecular weight excluding hydrogens is 258 g/mol. The summed E-state index contributed by atoms with van der Waals surface area (Å²) in [5.41, 5.74) is 0.149. The van der Waals surface area contributed by atoms with Crippen LogP contribution in [0.2, 0.25) is 0 Å². The first-order valence-corrected chi connectivity index (χ1v) is 5.60. The SMILES string of the molecule is COC(=O)C1=C(Br)C2(C)C=CC1(C)N2C. The summed E-state index contributed by atoms with van der Waals surface area (Å²) in [5.74, 6) is -0.260. The van der Waals surface area contributed by atoms with Gasteiger partial charge in [-0.1, -0.05) is 28.1 Å². The number of ether oxygens (including phenoxy) is 1. The van der Waals surface area contributed by atoms with E-state index in [-0.39, 0.29) is 17.0 Å². The second-order valence-electron chi connectivity index (χ2n) is 4.37. The lowest BCUT2D eigenvalue weighted by Gasteiger charge is -2.33. The van der Waals surface area contributed by atoms with Gasteiger partial charge in [-0.3, -0.25) is 4.90 Å². The number of likely N-dealkylation sites (N-methyl/N-ethyl adjacent to an activating group) is 1. The third-order valence-electron chi connectivity index (χ3n) is 3.69. The minimum Gasteiger partial charge on any atom is -0.466 e. The molecule has 3 nitrogen and oxygen atoms in total. The van der Waals surface area contributed by atoms with Crippen LogP contribution in [-0.2, 0) is 9.53 Å². The Balaban J connectivity index is 2.58. The number of rotatable bonds is 1. The van der Waals surface area contributed by atoms with Crippen LogP contribution in [0.25, 0.3) is 0 Å². The molecule has 2 heterocycles. The van der Waals surface area contributed by atoms with Crippen molar-refractivity contribution in [1.29, 1.82) is 0 Å². The van der Waals surface area contributed by atoms with E-state index in [2.05, 4.69) is 39.9 Å². The van der Waals surface area contributed by atoms with Crippen molar-refractivity contribution in [3.63, 3.8) is 0 Å². The highest BCUT2D eigenvalue weighted by atomic mass is 79.9. The maximum Gasteiger partial charge on any atom is 0.336 e. The molecule has 2 unspecified atom stereocenters. The number of fused-ring (bicyclic) bond motifs is 2. The number of carbonyl (C=O) groups is 1. The van der Waals surface area contributed by atoms with Crippen molar-refractivity contribution in [2.24, 2.45) is 0 Å². The summed E-state index contributed by atoms with van der Waals surface area (Å²) in [6.45, 7) is 4.10. The summed E-state index contributed by atoms with van der Waals surface area (Å²) in [4.78, 5) is 13.9. The van der Waals surface area contributed by atoms with Crippen LogP contribution in [-0.4, -0.2) is 36.1 Å². The fraction of sp³-hybridized carbons (Fsp3) is 0.545. The van der Waals surface area contributed by atoms with Gasteiger partial charge in [-0.15, -0.1) is 0 Å². The topological polar surface area (TPSA) is 29.5 Å². The van der Waals surface area contributed by atoms with Gasteiger partial charge in [0, 0.05) is 4.48 Å². The lowest BCUT2D eigenvalue weighted by atomic mass is 9.90. The average Bonchev–Trinajstić information content (AvgIpc) is 2.51. The zero-order valence-electron chi connectivity index (χ0n) is 9.30. The maximum atomic E-state index is 11.7. The first-order valence-electron chi connectivity index (χ1n) is 4.81. The van der Waals surface area contributed by atoms with E-state index in [1.54, 1.807) is 0 Å². The van der Waals surface area contributed by atoms with Crippen LogP contribution >= 0.6 is 15.9 Å². The van der Waals surface area contributed by atoms with Gasteiger partial charge in [0.05, 0.1) is 23.8 Å². The van der Waals surface area contributed by atoms with E-state index in [1.807, 2.05) is 14.0 Å². The molecule has 0 spiro atoms. The summed E-state index contributed by atoms with van der Waals surface area (Å²) < 4.78 is 5.74. The van der Waals surface area contributed by atoms with Gasteiger partial charge in [0.15, 0.2) is 0 Å². The van der Waals surface area contributed by atoms with E-state index >= 15 is 0 Å². The molecule has 0 N–H and O–H groups in total. The molecule has 0 fully saturated rings. The van der Waals surface area contributed by atoms with E-state index in [1.165, 1.54) is 7.11 Å². The number of methoxy groups -OCH3 is 1. The van der Waals surface area contributed by atoms with Gasteiger partial charge in [0.1, 0.15) is 0 Å². The molecule has 2 atom stereocenters. The standard InChI is InChI=1S/C11H14BrNO2/c1-10-5-6-11(2,13(10)3)8(12)7(10)9(14)15-4/h5-6H,1-4H3. The number of esters is 1. The van der Waals surface area contributed by atoms with Crippen LogP contribution in [0.15, 0.2) is 22.2 Å². The first kappa shape index (κ1) is 10.9. The number of nitrogens with zero attached hydrogens (tertiary/aromatic N) is 1. The molecular formula is C11H14BrNO2. The van der Waals surface area contributed by atoms with Gasteiger partial charge in [-0.2, -0.15) is 0 Å². The molecule has 0 saturated heterocycles. The van der Waals surface area contributed by atoms with Gasteiger partial charge < -0.3 is 4.74 Å². The van der Waals surface area contributed by atoms with Crippen LogP contribution in [0, 0.1) is 0 Å². The van der Waals surface area contributed by atoms with Gasteiger partial charge in [0.25, 0.3) is 0 Å². The number of halogens is 1. The van der Waals surface area contributed by atoms with Crippen LogP contribution in [0.5, 0.6) is 0 Å². The fourth-order valence-corrected chi connectivity index (χ4v) is 3.34. The Bertz CT molecular complexity index is 401. The summed E-state index contributed by atoms with van der Waals surface area (Å²) in [6.07, 6.45) is 4.17. The highest BCUT2D eigenvalue weighted by Gasteiger charge is 2.57. The molecule has 4 heteroatoms. The highest BCUT2D eigenvalue weighted by Crippen LogP contribution is 2.53. The van der Waals surface area contributed by atoms with Gasteiger partial charge in [0.2, 0.25) is 0 Å². The quantitative estimate of drug-likeness (QED) is 0.539. The van der Waals surface area contributed by atoms with Crippen molar-refractivity contribution in [1.82, 2.24) is 4.90 Å². The second kappa shape index (κ2) is 2.95. The van der Waals surface area contributed by atoms with E-state index in [4.69, 9.17) is 4.74 Å². The van der Waals surface area contributed by atoms with E-state index in [0.717, 1.165) is 4.48 Å². The monoisotopic (exact) mass is 271 g/mol. The molecule has 82 valence electrons. The van der Waals surface area contributed by atoms with Gasteiger partial charge >= 0.3 is 5.97 Å². The van der Waals surface area contributed by atoms with Gasteiger partial charge in [-0.05, 0) is 20.9 Å². The molecule has 2 aliphatic rings. The Labute approximate surface area is 97.9 Å². The average molecular weight is 272 g/mol. The summed E-state index contributed by atoms with van der Waals surface area (Å²) >= 11 is 3.52. The molecule has 0 radical (unpaired) electrons. The van der Waals surface area contributed by atoms with Crippen molar-refractivity contribution in [2.75, 3.05) is 14.2 Å². The number of hydrogen-bond donors (Lipinski definition) is 0. The maximum absolute atomic E-state index is 11.7. The minimum absolute atomic E-state index is 0.210. The van der Waals surface area contributed by atoms with Crippen LogP contribution in [0.1, 0.15) is 13.8 Å². The predicted molar refractivity (Wildman–Crippen MR) is 61.7 cm³/mol. The molecule has 2 rings (SSSR count). The third-order valence-corrected chi connectivity index (χ3v) is 4.88. The van der Waals surface area contributed by atoms with Crippen molar-refractivity contribution < 1.29 is 9.53 Å². The molecule has 0 aromatic rings. The molecule has 0 amide bonds.